The van der Waals surface area contributed by atoms with Crippen LogP contribution >= 0.6 is 0 Å². The molecule has 14 nitrogen and oxygen atoms in total. The Morgan fingerprint density at radius 1 is 0.920 bits per heavy atom. The van der Waals surface area contributed by atoms with Crippen LogP contribution in [0.4, 0.5) is 0 Å². The van der Waals surface area contributed by atoms with Crippen molar-refractivity contribution in [2.24, 2.45) is 0 Å². The summed E-state index contributed by atoms with van der Waals surface area (Å²) in [6.45, 7) is -1.42. The second-order valence-corrected chi connectivity index (χ2v) is 4.64. The summed E-state index contributed by atoms with van der Waals surface area (Å²) in [5.41, 5.74) is -0.389. The molecule has 14 heteroatoms. The Labute approximate surface area is 138 Å². The maximum absolute atomic E-state index is 11.2. The van der Waals surface area contributed by atoms with Crippen molar-refractivity contribution in [3.8, 4) is 11.5 Å². The van der Waals surface area contributed by atoms with Gasteiger partial charge in [-0.1, -0.05) is 6.07 Å². The van der Waals surface area contributed by atoms with Gasteiger partial charge in [-0.2, -0.15) is 0 Å². The zero-order valence-electron chi connectivity index (χ0n) is 12.9. The minimum Gasteiger partial charge on any atom is -0.493 e. The lowest BCUT2D eigenvalue weighted by molar-refractivity contribution is -0.975. The zero-order valence-corrected chi connectivity index (χ0v) is 12.9. The van der Waals surface area contributed by atoms with Crippen molar-refractivity contribution in [3.63, 3.8) is 0 Å². The molecular formula is C11H12N4O10. The van der Waals surface area contributed by atoms with E-state index in [0.29, 0.717) is 0 Å². The van der Waals surface area contributed by atoms with E-state index in [1.54, 1.807) is 0 Å². The molecule has 0 spiro atoms. The van der Waals surface area contributed by atoms with Crippen LogP contribution in [0.1, 0.15) is 11.5 Å². The molecule has 0 aliphatic rings. The van der Waals surface area contributed by atoms with E-state index >= 15 is 0 Å². The molecule has 0 N–H and O–H groups in total. The van der Waals surface area contributed by atoms with Crippen molar-refractivity contribution in [2.45, 2.75) is 11.7 Å². The van der Waals surface area contributed by atoms with Crippen molar-refractivity contribution >= 4 is 0 Å². The molecule has 0 saturated carbocycles. The van der Waals surface area contributed by atoms with E-state index in [0.717, 1.165) is 12.1 Å². The molecule has 0 fully saturated rings. The Kier molecular flexibility index (Phi) is 5.71. The molecule has 1 aromatic carbocycles. The summed E-state index contributed by atoms with van der Waals surface area (Å²) < 4.78 is 9.84. The fourth-order valence-corrected chi connectivity index (χ4v) is 2.25. The van der Waals surface area contributed by atoms with Crippen molar-refractivity contribution in [1.29, 1.82) is 0 Å². The van der Waals surface area contributed by atoms with Crippen LogP contribution in [0, 0.1) is 40.5 Å². The Hall–Kier alpha value is -3.58. The van der Waals surface area contributed by atoms with Crippen molar-refractivity contribution in [1.82, 2.24) is 0 Å². The molecule has 0 heterocycles. The lowest BCUT2D eigenvalue weighted by atomic mass is 9.91. The highest BCUT2D eigenvalue weighted by Crippen LogP contribution is 2.37. The fourth-order valence-electron chi connectivity index (χ4n) is 2.25. The summed E-state index contributed by atoms with van der Waals surface area (Å²) >= 11 is 0. The maximum Gasteiger partial charge on any atom is 0.713 e. The highest BCUT2D eigenvalue weighted by atomic mass is 16.7. The predicted octanol–water partition coefficient (Wildman–Crippen LogP) is 0.548. The van der Waals surface area contributed by atoms with Gasteiger partial charge in [0.25, 0.3) is 5.92 Å². The smallest absolute Gasteiger partial charge is 0.493 e. The van der Waals surface area contributed by atoms with Crippen molar-refractivity contribution in [2.75, 3.05) is 20.8 Å². The van der Waals surface area contributed by atoms with Crippen LogP contribution in [0.25, 0.3) is 0 Å². The molecular weight excluding hydrogens is 348 g/mol. The fraction of sp³-hybridized carbons (Fsp3) is 0.455. The van der Waals surface area contributed by atoms with Crippen LogP contribution < -0.4 is 9.47 Å². The number of nitro groups is 4. The molecule has 1 aromatic rings. The molecule has 0 radical (unpaired) electrons. The highest BCUT2D eigenvalue weighted by Gasteiger charge is 2.78. The topological polar surface area (TPSA) is 191 Å². The number of nitrogens with zero attached hydrogens (tertiary/aromatic N) is 4. The van der Waals surface area contributed by atoms with Gasteiger partial charge in [-0.15, -0.1) is 0 Å². The number of methoxy groups -OCH3 is 2. The molecule has 0 saturated heterocycles. The average molecular weight is 360 g/mol. The van der Waals surface area contributed by atoms with Gasteiger partial charge < -0.3 is 9.47 Å². The first-order valence-corrected chi connectivity index (χ1v) is 6.40. The van der Waals surface area contributed by atoms with Gasteiger partial charge in [0.1, 0.15) is 0 Å². The summed E-state index contributed by atoms with van der Waals surface area (Å²) in [5, 5.41) is 44.5. The molecule has 136 valence electrons. The Bertz CT molecular complexity index is 685. The van der Waals surface area contributed by atoms with Gasteiger partial charge >= 0.3 is 5.79 Å². The predicted molar refractivity (Wildman–Crippen MR) is 77.9 cm³/mol. The number of rotatable bonds is 9. The molecule has 1 atom stereocenters. The quantitative estimate of drug-likeness (QED) is 0.341. The van der Waals surface area contributed by atoms with E-state index < -0.39 is 37.9 Å². The zero-order chi connectivity index (χ0) is 19.4. The Balaban J connectivity index is 3.72. The second-order valence-electron chi connectivity index (χ2n) is 4.64. The standard InChI is InChI=1S/C11H12N4O10/c1-24-9-4-3-7(5-10(9)25-2)8(6-12(16)17)11(13(18)19,14(20)21)15(22)23/h3-5,8H,6H2,1-2H3/t8-/m1/s1. The van der Waals surface area contributed by atoms with Gasteiger partial charge in [-0.05, 0) is 17.7 Å². The van der Waals surface area contributed by atoms with E-state index in [1.807, 2.05) is 0 Å². The average Bonchev–Trinajstić information content (AvgIpc) is 2.52. The van der Waals surface area contributed by atoms with Gasteiger partial charge in [-0.3, -0.25) is 40.5 Å². The molecule has 0 aromatic heterocycles. The lowest BCUT2D eigenvalue weighted by Gasteiger charge is -2.17. The minimum absolute atomic E-state index is 0.0581. The lowest BCUT2D eigenvalue weighted by Crippen LogP contribution is -2.59. The number of hydrogen-bond acceptors (Lipinski definition) is 10. The molecule has 0 amide bonds. The molecule has 0 bridgehead atoms. The van der Waals surface area contributed by atoms with E-state index in [4.69, 9.17) is 9.47 Å². The molecule has 0 aliphatic carbocycles. The third kappa shape index (κ3) is 3.36. The third-order valence-electron chi connectivity index (χ3n) is 3.42. The van der Waals surface area contributed by atoms with Crippen LogP contribution in [0.15, 0.2) is 18.2 Å². The third-order valence-corrected chi connectivity index (χ3v) is 3.42. The normalized spacial score (nSPS) is 12.1. The monoisotopic (exact) mass is 360 g/mol. The summed E-state index contributed by atoms with van der Waals surface area (Å²) in [7, 11) is 2.45. The van der Waals surface area contributed by atoms with E-state index in [9.17, 15) is 40.5 Å². The van der Waals surface area contributed by atoms with Crippen molar-refractivity contribution < 1.29 is 29.2 Å². The number of hydrogen-bond donors (Lipinski definition) is 0. The number of benzene rings is 1. The van der Waals surface area contributed by atoms with E-state index in [1.165, 1.54) is 20.3 Å². The first kappa shape index (κ1) is 19.5. The van der Waals surface area contributed by atoms with Crippen molar-refractivity contribution in [3.05, 3.63) is 64.2 Å². The van der Waals surface area contributed by atoms with Crippen LogP contribution in [0.5, 0.6) is 11.5 Å². The molecule has 0 aliphatic heterocycles. The summed E-state index contributed by atoms with van der Waals surface area (Å²) in [5.74, 6) is -6.27. The van der Waals surface area contributed by atoms with E-state index in [-0.39, 0.29) is 17.1 Å². The number of ether oxygens (including phenoxy) is 2. The molecule has 25 heavy (non-hydrogen) atoms. The van der Waals surface area contributed by atoms with Gasteiger partial charge in [0.15, 0.2) is 26.3 Å². The Morgan fingerprint density at radius 2 is 1.40 bits per heavy atom. The molecule has 1 rings (SSSR count). The summed E-state index contributed by atoms with van der Waals surface area (Å²) in [6.07, 6.45) is 0. The first-order valence-electron chi connectivity index (χ1n) is 6.40. The van der Waals surface area contributed by atoms with Crippen LogP contribution in [0.3, 0.4) is 0 Å². The van der Waals surface area contributed by atoms with Gasteiger partial charge in [0.2, 0.25) is 6.54 Å². The Morgan fingerprint density at radius 3 is 1.76 bits per heavy atom. The van der Waals surface area contributed by atoms with E-state index in [2.05, 4.69) is 0 Å². The highest BCUT2D eigenvalue weighted by molar-refractivity contribution is 5.44. The van der Waals surface area contributed by atoms with Gasteiger partial charge in [0, 0.05) is 4.92 Å². The van der Waals surface area contributed by atoms with Crippen LogP contribution in [-0.2, 0) is 0 Å². The maximum atomic E-state index is 11.2. The summed E-state index contributed by atoms with van der Waals surface area (Å²) in [6, 6.07) is 3.19. The van der Waals surface area contributed by atoms with Crippen LogP contribution in [0.2, 0.25) is 0 Å². The minimum atomic E-state index is -4.04. The largest absolute Gasteiger partial charge is 0.713 e. The second kappa shape index (κ2) is 7.33. The van der Waals surface area contributed by atoms with Gasteiger partial charge in [0.05, 0.1) is 14.2 Å². The SMILES string of the molecule is COc1ccc([C@@H](C[N+](=O)[O-])C([N+](=O)[O-])([N+](=O)[O-])[N+](=O)[O-])cc1OC. The van der Waals surface area contributed by atoms with Crippen LogP contribution in [-0.4, -0.2) is 46.2 Å². The van der Waals surface area contributed by atoms with Gasteiger partial charge in [-0.25, -0.2) is 0 Å². The first-order chi connectivity index (χ1) is 11.6. The molecule has 0 unspecified atom stereocenters. The summed E-state index contributed by atoms with van der Waals surface area (Å²) in [4.78, 5) is 38.2.